The van der Waals surface area contributed by atoms with Gasteiger partial charge in [-0.2, -0.15) is 5.26 Å². The summed E-state index contributed by atoms with van der Waals surface area (Å²) in [6.45, 7) is 6.58. The average Bonchev–Trinajstić information content (AvgIpc) is 3.75. The average molecular weight is 581 g/mol. The third-order valence-corrected chi connectivity index (χ3v) is 7.98. The molecule has 1 saturated heterocycles. The van der Waals surface area contributed by atoms with E-state index in [-0.39, 0.29) is 11.3 Å². The van der Waals surface area contributed by atoms with Gasteiger partial charge in [0.25, 0.3) is 0 Å². The molecule has 9 nitrogen and oxygen atoms in total. The van der Waals surface area contributed by atoms with Crippen molar-refractivity contribution in [2.45, 2.75) is 38.3 Å². The number of rotatable bonds is 10. The number of nitriles is 1. The zero-order valence-corrected chi connectivity index (χ0v) is 24.1. The molecule has 3 heterocycles. The van der Waals surface area contributed by atoms with Crippen molar-refractivity contribution in [2.75, 3.05) is 37.4 Å². The minimum atomic E-state index is -0.547. The van der Waals surface area contributed by atoms with E-state index in [0.717, 1.165) is 25.6 Å². The number of nitrogens with one attached hydrogen (secondary N) is 2. The lowest BCUT2D eigenvalue weighted by Gasteiger charge is -2.49. The lowest BCUT2D eigenvalue weighted by atomic mass is 9.91. The molecule has 1 saturated carbocycles. The minimum Gasteiger partial charge on any atom is -0.493 e. The molecule has 4 N–H and O–H groups in total. The summed E-state index contributed by atoms with van der Waals surface area (Å²) < 4.78 is 11.7. The van der Waals surface area contributed by atoms with E-state index in [4.69, 9.17) is 43.8 Å². The number of anilines is 2. The monoisotopic (exact) mass is 579 g/mol. The van der Waals surface area contributed by atoms with Crippen LogP contribution < -0.4 is 25.4 Å². The van der Waals surface area contributed by atoms with Crippen molar-refractivity contribution in [3.63, 3.8) is 0 Å². The topological polar surface area (TPSA) is 133 Å². The predicted octanol–water partition coefficient (Wildman–Crippen LogP) is 5.38. The Labute approximate surface area is 243 Å². The summed E-state index contributed by atoms with van der Waals surface area (Å²) in [5, 5.41) is 23.2. The van der Waals surface area contributed by atoms with Gasteiger partial charge in [0.2, 0.25) is 0 Å². The fourth-order valence-electron chi connectivity index (χ4n) is 4.96. The van der Waals surface area contributed by atoms with E-state index >= 15 is 0 Å². The van der Waals surface area contributed by atoms with Gasteiger partial charge >= 0.3 is 0 Å². The lowest BCUT2D eigenvalue weighted by molar-refractivity contribution is 0.216. The quantitative estimate of drug-likeness (QED) is 0.215. The lowest BCUT2D eigenvalue weighted by Crippen LogP contribution is -2.68. The molecule has 5 rings (SSSR count). The maximum atomic E-state index is 9.91. The second-order valence-corrected chi connectivity index (χ2v) is 11.5. The third-order valence-electron chi connectivity index (χ3n) is 7.38. The van der Waals surface area contributed by atoms with Crippen LogP contribution in [0.4, 0.5) is 11.5 Å². The second-order valence-electron chi connectivity index (χ2n) is 10.7. The SMILES string of the molecule is COc1cc(N)c(C(=N)c2cnc(N3CC(C)(NCC4CC4)C3)c(C#N)c2)cc1O[C@H](C)c1c(Cl)cncc1Cl. The van der Waals surface area contributed by atoms with Crippen LogP contribution in [0.2, 0.25) is 10.0 Å². The van der Waals surface area contributed by atoms with Gasteiger partial charge in [-0.25, -0.2) is 4.98 Å². The number of nitrogen functional groups attached to an aromatic ring is 1. The van der Waals surface area contributed by atoms with Gasteiger partial charge in [-0.15, -0.1) is 0 Å². The number of benzene rings is 1. The number of methoxy groups -OCH3 is 1. The second kappa shape index (κ2) is 11.1. The molecular weight excluding hydrogens is 549 g/mol. The fourth-order valence-corrected chi connectivity index (χ4v) is 5.63. The van der Waals surface area contributed by atoms with Crippen LogP contribution in [0.3, 0.4) is 0 Å². The molecule has 2 aliphatic rings. The highest BCUT2D eigenvalue weighted by molar-refractivity contribution is 6.35. The molecule has 0 radical (unpaired) electrons. The Morgan fingerprint density at radius 3 is 2.55 bits per heavy atom. The molecule has 40 heavy (non-hydrogen) atoms. The van der Waals surface area contributed by atoms with Crippen molar-refractivity contribution in [3.8, 4) is 17.6 Å². The molecule has 1 aromatic carbocycles. The molecule has 0 spiro atoms. The molecule has 0 amide bonds. The normalized spacial score (nSPS) is 16.6. The van der Waals surface area contributed by atoms with Gasteiger partial charge in [0.15, 0.2) is 11.5 Å². The molecule has 0 unspecified atom stereocenters. The fraction of sp³-hybridized carbons (Fsp3) is 0.379. The summed E-state index contributed by atoms with van der Waals surface area (Å²) in [5.74, 6) is 2.17. The number of nitrogens with zero attached hydrogens (tertiary/aromatic N) is 4. The highest BCUT2D eigenvalue weighted by Gasteiger charge is 2.41. The first-order valence-corrected chi connectivity index (χ1v) is 13.8. The van der Waals surface area contributed by atoms with E-state index in [2.05, 4.69) is 33.2 Å². The van der Waals surface area contributed by atoms with Gasteiger partial charge < -0.3 is 25.4 Å². The number of pyridine rings is 2. The van der Waals surface area contributed by atoms with Gasteiger partial charge in [-0.05, 0) is 51.3 Å². The minimum absolute atomic E-state index is 0.0121. The maximum absolute atomic E-state index is 9.91. The van der Waals surface area contributed by atoms with E-state index in [0.29, 0.717) is 55.3 Å². The summed E-state index contributed by atoms with van der Waals surface area (Å²) in [4.78, 5) is 10.7. The van der Waals surface area contributed by atoms with E-state index in [1.165, 1.54) is 32.3 Å². The zero-order valence-electron chi connectivity index (χ0n) is 22.6. The Kier molecular flexibility index (Phi) is 7.78. The molecule has 1 aliphatic heterocycles. The van der Waals surface area contributed by atoms with Gasteiger partial charge in [-0.3, -0.25) is 10.4 Å². The summed E-state index contributed by atoms with van der Waals surface area (Å²) in [7, 11) is 1.51. The Bertz CT molecular complexity index is 1480. The highest BCUT2D eigenvalue weighted by atomic mass is 35.5. The molecule has 0 bridgehead atoms. The van der Waals surface area contributed by atoms with E-state index < -0.39 is 6.10 Å². The van der Waals surface area contributed by atoms with Crippen molar-refractivity contribution in [1.29, 1.82) is 10.7 Å². The first kappa shape index (κ1) is 28.0. The largest absolute Gasteiger partial charge is 0.493 e. The van der Waals surface area contributed by atoms with E-state index in [1.807, 2.05) is 0 Å². The van der Waals surface area contributed by atoms with Crippen molar-refractivity contribution in [3.05, 3.63) is 69.1 Å². The number of hydrogen-bond acceptors (Lipinski definition) is 9. The number of nitrogens with two attached hydrogens (primary N) is 1. The molecule has 1 aliphatic carbocycles. The van der Waals surface area contributed by atoms with Crippen molar-refractivity contribution in [2.24, 2.45) is 5.92 Å². The molecular formula is C29H31Cl2N7O2. The molecule has 3 aromatic rings. The van der Waals surface area contributed by atoms with Crippen LogP contribution in [0.5, 0.6) is 11.5 Å². The summed E-state index contributed by atoms with van der Waals surface area (Å²) in [6, 6.07) is 7.18. The van der Waals surface area contributed by atoms with Crippen molar-refractivity contribution >= 4 is 40.4 Å². The Balaban J connectivity index is 1.37. The number of halogens is 2. The smallest absolute Gasteiger partial charge is 0.162 e. The summed E-state index contributed by atoms with van der Waals surface area (Å²) in [5.41, 5.74) is 8.63. The number of ether oxygens (including phenoxy) is 2. The Morgan fingerprint density at radius 2 is 1.93 bits per heavy atom. The first-order chi connectivity index (χ1) is 19.1. The molecule has 208 valence electrons. The van der Waals surface area contributed by atoms with E-state index in [9.17, 15) is 5.26 Å². The van der Waals surface area contributed by atoms with Crippen LogP contribution in [0.1, 0.15) is 55.0 Å². The van der Waals surface area contributed by atoms with Crippen LogP contribution in [-0.2, 0) is 0 Å². The molecule has 2 aromatic heterocycles. The summed E-state index contributed by atoms with van der Waals surface area (Å²) in [6.07, 6.45) is 6.67. The zero-order chi connectivity index (χ0) is 28.6. The molecule has 1 atom stereocenters. The van der Waals surface area contributed by atoms with Crippen molar-refractivity contribution < 1.29 is 9.47 Å². The first-order valence-electron chi connectivity index (χ1n) is 13.0. The van der Waals surface area contributed by atoms with Crippen LogP contribution >= 0.6 is 23.2 Å². The number of aromatic nitrogens is 2. The van der Waals surface area contributed by atoms with Crippen LogP contribution in [0, 0.1) is 22.7 Å². The van der Waals surface area contributed by atoms with Crippen LogP contribution in [0.25, 0.3) is 0 Å². The predicted molar refractivity (Wildman–Crippen MR) is 157 cm³/mol. The standard InChI is InChI=1S/C29H31Cl2N7O2/c1-16(26-21(30)12-35-13-22(26)31)40-25-7-20(23(33)8-24(25)39-3)27(34)19-6-18(9-32)28(36-11-19)38-14-29(2,15-38)37-10-17-4-5-17/h6-8,11-13,16-17,34,37H,4-5,10,14-15,33H2,1-3H3/t16-/m1/s1. The summed E-state index contributed by atoms with van der Waals surface area (Å²) >= 11 is 12.6. The third kappa shape index (κ3) is 5.66. The molecule has 11 heteroatoms. The van der Waals surface area contributed by atoms with Gasteiger partial charge in [0.1, 0.15) is 18.0 Å². The van der Waals surface area contributed by atoms with E-state index in [1.54, 1.807) is 31.3 Å². The molecule has 2 fully saturated rings. The number of hydrogen-bond donors (Lipinski definition) is 3. The van der Waals surface area contributed by atoms with Crippen LogP contribution in [-0.4, -0.2) is 48.0 Å². The Morgan fingerprint density at radius 1 is 1.23 bits per heavy atom. The van der Waals surface area contributed by atoms with Crippen LogP contribution in [0.15, 0.2) is 36.8 Å². The van der Waals surface area contributed by atoms with Crippen molar-refractivity contribution in [1.82, 2.24) is 15.3 Å². The van der Waals surface area contributed by atoms with Gasteiger partial charge in [0, 0.05) is 60.1 Å². The maximum Gasteiger partial charge on any atom is 0.162 e. The van der Waals surface area contributed by atoms with Gasteiger partial charge in [0.05, 0.1) is 34.0 Å². The Hall–Kier alpha value is -3.58. The van der Waals surface area contributed by atoms with Gasteiger partial charge in [-0.1, -0.05) is 23.2 Å². The highest BCUT2D eigenvalue weighted by Crippen LogP contribution is 2.39.